The molecule has 1 unspecified atom stereocenters. The first kappa shape index (κ1) is 19.3. The summed E-state index contributed by atoms with van der Waals surface area (Å²) in [4.78, 5) is 25.4. The minimum atomic E-state index is -3.49. The molecule has 1 aliphatic heterocycles. The van der Waals surface area contributed by atoms with Crippen molar-refractivity contribution in [2.75, 3.05) is 12.7 Å². The van der Waals surface area contributed by atoms with Gasteiger partial charge in [-0.3, -0.25) is 9.36 Å². The van der Waals surface area contributed by atoms with Gasteiger partial charge in [0, 0.05) is 11.8 Å². The van der Waals surface area contributed by atoms with Gasteiger partial charge in [-0.05, 0) is 30.5 Å². The maximum Gasteiger partial charge on any atom is 0.326 e. The maximum absolute atomic E-state index is 13.6. The maximum atomic E-state index is 13.6. The molecule has 2 aromatic carbocycles. The van der Waals surface area contributed by atoms with Crippen LogP contribution in [0.1, 0.15) is 18.4 Å². The number of carbonyl (C=O) groups is 2. The fourth-order valence-corrected chi connectivity index (χ4v) is 5.16. The van der Waals surface area contributed by atoms with Gasteiger partial charge in [-0.1, -0.05) is 48.5 Å². The van der Waals surface area contributed by atoms with Gasteiger partial charge < -0.3 is 14.5 Å². The zero-order valence-electron chi connectivity index (χ0n) is 14.9. The molecule has 0 spiro atoms. The number of nitrogens with zero attached hydrogens (tertiary/aromatic N) is 1. The quantitative estimate of drug-likeness (QED) is 0.739. The molecule has 1 aliphatic rings. The molecule has 3 rings (SSSR count). The van der Waals surface area contributed by atoms with Gasteiger partial charge in [0.2, 0.25) is 13.3 Å². The Morgan fingerprint density at radius 2 is 1.70 bits per heavy atom. The zero-order chi connectivity index (χ0) is 19.3. The topological polar surface area (TPSA) is 83.9 Å². The largest absolute Gasteiger partial charge is 0.480 e. The first-order valence-electron chi connectivity index (χ1n) is 8.85. The number of hydrogen-bond donors (Lipinski definition) is 1. The SMILES string of the molecule is O=C(O)[C@@H]1CCCN1C(=O)CP(=O)(OCc1ccccc1)c1ccccc1. The zero-order valence-corrected chi connectivity index (χ0v) is 15.8. The summed E-state index contributed by atoms with van der Waals surface area (Å²) >= 11 is 0. The van der Waals surface area contributed by atoms with Crippen molar-refractivity contribution < 1.29 is 23.8 Å². The summed E-state index contributed by atoms with van der Waals surface area (Å²) in [5, 5.41) is 9.76. The molecule has 0 aliphatic carbocycles. The molecule has 1 N–H and O–H groups in total. The number of likely N-dealkylation sites (tertiary alicyclic amines) is 1. The van der Waals surface area contributed by atoms with E-state index in [0.717, 1.165) is 5.56 Å². The Labute approximate surface area is 158 Å². The highest BCUT2D eigenvalue weighted by Gasteiger charge is 2.38. The van der Waals surface area contributed by atoms with Crippen molar-refractivity contribution in [3.63, 3.8) is 0 Å². The second-order valence-electron chi connectivity index (χ2n) is 6.51. The number of amides is 1. The summed E-state index contributed by atoms with van der Waals surface area (Å²) in [7, 11) is -3.49. The number of carbonyl (C=O) groups excluding carboxylic acids is 1. The molecule has 2 atom stereocenters. The molecule has 0 aromatic heterocycles. The first-order chi connectivity index (χ1) is 13.0. The molecule has 2 aromatic rings. The fraction of sp³-hybridized carbons (Fsp3) is 0.300. The van der Waals surface area contributed by atoms with E-state index >= 15 is 0 Å². The Balaban J connectivity index is 1.81. The summed E-state index contributed by atoms with van der Waals surface area (Å²) in [6.45, 7) is 0.478. The highest BCUT2D eigenvalue weighted by atomic mass is 31.2. The van der Waals surface area contributed by atoms with Crippen molar-refractivity contribution in [1.82, 2.24) is 4.90 Å². The van der Waals surface area contributed by atoms with Crippen LogP contribution in [0.25, 0.3) is 0 Å². The third kappa shape index (κ3) is 4.65. The van der Waals surface area contributed by atoms with Gasteiger partial charge in [-0.25, -0.2) is 4.79 Å². The van der Waals surface area contributed by atoms with Crippen molar-refractivity contribution in [3.8, 4) is 0 Å². The smallest absolute Gasteiger partial charge is 0.326 e. The monoisotopic (exact) mass is 387 g/mol. The van der Waals surface area contributed by atoms with E-state index in [1.54, 1.807) is 30.3 Å². The third-order valence-corrected chi connectivity index (χ3v) is 6.95. The molecule has 1 heterocycles. The molecule has 1 fully saturated rings. The molecule has 0 bridgehead atoms. The van der Waals surface area contributed by atoms with Gasteiger partial charge in [0.25, 0.3) is 0 Å². The van der Waals surface area contributed by atoms with Crippen molar-refractivity contribution in [2.45, 2.75) is 25.5 Å². The number of rotatable bonds is 7. The molecular formula is C20H22NO5P. The minimum absolute atomic E-state index is 0.114. The van der Waals surface area contributed by atoms with Crippen LogP contribution in [0.4, 0.5) is 0 Å². The average Bonchev–Trinajstić information content (AvgIpc) is 3.18. The van der Waals surface area contributed by atoms with E-state index in [9.17, 15) is 19.3 Å². The Kier molecular flexibility index (Phi) is 6.09. The Morgan fingerprint density at radius 3 is 2.33 bits per heavy atom. The predicted octanol–water partition coefficient (Wildman–Crippen LogP) is 2.88. The Bertz CT molecular complexity index is 840. The van der Waals surface area contributed by atoms with E-state index in [2.05, 4.69) is 0 Å². The van der Waals surface area contributed by atoms with Crippen molar-refractivity contribution in [1.29, 1.82) is 0 Å². The van der Waals surface area contributed by atoms with Crippen LogP contribution in [0.15, 0.2) is 60.7 Å². The second-order valence-corrected chi connectivity index (χ2v) is 8.95. The van der Waals surface area contributed by atoms with Gasteiger partial charge in [0.05, 0.1) is 6.61 Å². The molecule has 1 amide bonds. The summed E-state index contributed by atoms with van der Waals surface area (Å²) in [6.07, 6.45) is 0.707. The fourth-order valence-electron chi connectivity index (χ4n) is 3.21. The number of carboxylic acids is 1. The molecule has 7 heteroatoms. The van der Waals surface area contributed by atoms with Crippen LogP contribution in [0.2, 0.25) is 0 Å². The van der Waals surface area contributed by atoms with E-state index in [1.165, 1.54) is 4.90 Å². The standard InChI is InChI=1S/C20H22NO5P/c22-19(21-13-7-12-18(21)20(23)24)15-27(25,17-10-5-2-6-11-17)26-14-16-8-3-1-4-9-16/h1-6,8-11,18H,7,12-15H2,(H,23,24)/t18-,27?/m0/s1. The predicted molar refractivity (Wildman–Crippen MR) is 102 cm³/mol. The van der Waals surface area contributed by atoms with Gasteiger partial charge in [-0.15, -0.1) is 0 Å². The summed E-state index contributed by atoms with van der Waals surface area (Å²) in [5.74, 6) is -1.47. The normalized spacial score (nSPS) is 18.8. The lowest BCUT2D eigenvalue weighted by molar-refractivity contribution is -0.147. The van der Waals surface area contributed by atoms with E-state index in [1.807, 2.05) is 30.3 Å². The van der Waals surface area contributed by atoms with Crippen LogP contribution in [-0.4, -0.2) is 40.6 Å². The van der Waals surface area contributed by atoms with E-state index < -0.39 is 25.3 Å². The van der Waals surface area contributed by atoms with Crippen molar-refractivity contribution in [3.05, 3.63) is 66.2 Å². The number of benzene rings is 2. The summed E-state index contributed by atoms with van der Waals surface area (Å²) in [6, 6.07) is 17.1. The Morgan fingerprint density at radius 1 is 1.07 bits per heavy atom. The van der Waals surface area contributed by atoms with Crippen molar-refractivity contribution >= 4 is 24.5 Å². The van der Waals surface area contributed by atoms with Crippen LogP contribution in [0.3, 0.4) is 0 Å². The van der Waals surface area contributed by atoms with Crippen molar-refractivity contribution in [2.24, 2.45) is 0 Å². The van der Waals surface area contributed by atoms with Gasteiger partial charge in [-0.2, -0.15) is 0 Å². The van der Waals surface area contributed by atoms with Crippen LogP contribution >= 0.6 is 7.37 Å². The van der Waals surface area contributed by atoms with Crippen LogP contribution in [0.5, 0.6) is 0 Å². The molecule has 142 valence electrons. The van der Waals surface area contributed by atoms with Gasteiger partial charge in [0.1, 0.15) is 12.2 Å². The molecule has 0 saturated carbocycles. The number of carboxylic acid groups (broad SMARTS) is 1. The number of aliphatic carboxylic acids is 1. The lowest BCUT2D eigenvalue weighted by atomic mass is 10.2. The van der Waals surface area contributed by atoms with Gasteiger partial charge in [0.15, 0.2) is 0 Å². The molecular weight excluding hydrogens is 365 g/mol. The summed E-state index contributed by atoms with van der Waals surface area (Å²) in [5.41, 5.74) is 0.852. The molecule has 6 nitrogen and oxygen atoms in total. The second kappa shape index (κ2) is 8.51. The number of hydrogen-bond acceptors (Lipinski definition) is 4. The highest BCUT2D eigenvalue weighted by molar-refractivity contribution is 7.67. The van der Waals surface area contributed by atoms with Gasteiger partial charge >= 0.3 is 5.97 Å². The van der Waals surface area contributed by atoms with E-state index in [4.69, 9.17) is 4.52 Å². The third-order valence-electron chi connectivity index (χ3n) is 4.63. The van der Waals surface area contributed by atoms with Crippen LogP contribution in [-0.2, 0) is 25.3 Å². The lowest BCUT2D eigenvalue weighted by Gasteiger charge is -2.25. The van der Waals surface area contributed by atoms with Crippen LogP contribution in [0, 0.1) is 0 Å². The first-order valence-corrected chi connectivity index (χ1v) is 10.7. The summed E-state index contributed by atoms with van der Waals surface area (Å²) < 4.78 is 19.4. The minimum Gasteiger partial charge on any atom is -0.480 e. The molecule has 0 radical (unpaired) electrons. The average molecular weight is 387 g/mol. The lowest BCUT2D eigenvalue weighted by Crippen LogP contribution is -2.42. The van der Waals surface area contributed by atoms with E-state index in [0.29, 0.717) is 24.7 Å². The molecule has 27 heavy (non-hydrogen) atoms. The van der Waals surface area contributed by atoms with Crippen LogP contribution < -0.4 is 5.30 Å². The van der Waals surface area contributed by atoms with E-state index in [-0.39, 0.29) is 12.8 Å². The molecule has 1 saturated heterocycles. The highest BCUT2D eigenvalue weighted by Crippen LogP contribution is 2.47. The Hall–Kier alpha value is -2.43.